The van der Waals surface area contributed by atoms with Crippen LogP contribution in [0.1, 0.15) is 34.2 Å². The van der Waals surface area contributed by atoms with Gasteiger partial charge in [-0.15, -0.1) is 0 Å². The summed E-state index contributed by atoms with van der Waals surface area (Å²) in [5.74, 6) is -0.461. The standard InChI is InChI=1S/C18H19N5O2/c1-10-9-19-11(2)15(10)12(3)20-21-17(24)16-13-7-5-6-8-14(13)18(25)23(4)22-16/h5-9,19H,1-4H3,(H,21,24)/b20-12+. The SMILES string of the molecule is C/C(=N\NC(=O)c1nn(C)c(=O)c2ccccc12)c1c(C)c[nH]c1C. The molecule has 128 valence electrons. The van der Waals surface area contributed by atoms with Crippen molar-refractivity contribution in [3.05, 3.63) is 63.3 Å². The molecule has 7 heteroatoms. The average Bonchev–Trinajstić information content (AvgIpc) is 2.94. The number of nitrogens with zero attached hydrogens (tertiary/aromatic N) is 3. The number of fused-ring (bicyclic) bond motifs is 1. The number of carbonyl (C=O) groups is 1. The maximum absolute atomic E-state index is 12.6. The molecule has 0 unspecified atom stereocenters. The van der Waals surface area contributed by atoms with Gasteiger partial charge in [0.05, 0.1) is 11.1 Å². The van der Waals surface area contributed by atoms with Crippen molar-refractivity contribution in [3.63, 3.8) is 0 Å². The summed E-state index contributed by atoms with van der Waals surface area (Å²) in [6.45, 7) is 5.75. The number of benzene rings is 1. The van der Waals surface area contributed by atoms with Crippen LogP contribution in [0.25, 0.3) is 10.8 Å². The number of aromatic amines is 1. The van der Waals surface area contributed by atoms with E-state index in [4.69, 9.17) is 0 Å². The van der Waals surface area contributed by atoms with Crippen molar-refractivity contribution in [2.24, 2.45) is 12.1 Å². The predicted octanol–water partition coefficient (Wildman–Crippen LogP) is 2.03. The third kappa shape index (κ3) is 2.96. The third-order valence-corrected chi connectivity index (χ3v) is 4.13. The molecule has 0 bridgehead atoms. The van der Waals surface area contributed by atoms with Crippen molar-refractivity contribution in [2.75, 3.05) is 0 Å². The van der Waals surface area contributed by atoms with E-state index in [2.05, 4.69) is 20.6 Å². The van der Waals surface area contributed by atoms with Crippen LogP contribution in [0.15, 0.2) is 40.4 Å². The topological polar surface area (TPSA) is 92.1 Å². The minimum absolute atomic E-state index is 0.164. The fourth-order valence-corrected chi connectivity index (χ4v) is 2.92. The summed E-state index contributed by atoms with van der Waals surface area (Å²) < 4.78 is 1.16. The molecule has 3 rings (SSSR count). The van der Waals surface area contributed by atoms with Gasteiger partial charge in [0.25, 0.3) is 11.5 Å². The molecule has 0 radical (unpaired) electrons. The first-order valence-electron chi connectivity index (χ1n) is 7.85. The fourth-order valence-electron chi connectivity index (χ4n) is 2.92. The minimum atomic E-state index is -0.461. The van der Waals surface area contributed by atoms with Crippen molar-refractivity contribution in [1.82, 2.24) is 20.2 Å². The van der Waals surface area contributed by atoms with Gasteiger partial charge in [0, 0.05) is 29.9 Å². The van der Waals surface area contributed by atoms with E-state index in [0.29, 0.717) is 16.5 Å². The second kappa shape index (κ2) is 6.35. The molecule has 25 heavy (non-hydrogen) atoms. The first kappa shape index (κ1) is 16.6. The molecule has 1 aromatic carbocycles. The second-order valence-corrected chi connectivity index (χ2v) is 5.93. The van der Waals surface area contributed by atoms with Crippen molar-refractivity contribution < 1.29 is 4.79 Å². The molecule has 0 fully saturated rings. The van der Waals surface area contributed by atoms with Crippen LogP contribution in [-0.2, 0) is 7.05 Å². The molecule has 2 N–H and O–H groups in total. The van der Waals surface area contributed by atoms with E-state index in [1.54, 1.807) is 24.3 Å². The average molecular weight is 337 g/mol. The number of nitrogens with one attached hydrogen (secondary N) is 2. The normalized spacial score (nSPS) is 11.8. The Morgan fingerprint density at radius 3 is 2.56 bits per heavy atom. The molecule has 0 saturated heterocycles. The smallest absolute Gasteiger partial charge is 0.292 e. The van der Waals surface area contributed by atoms with Crippen LogP contribution in [-0.4, -0.2) is 26.4 Å². The zero-order chi connectivity index (χ0) is 18.1. The minimum Gasteiger partial charge on any atom is -0.364 e. The number of hydrogen-bond donors (Lipinski definition) is 2. The van der Waals surface area contributed by atoms with E-state index in [1.807, 2.05) is 27.0 Å². The highest BCUT2D eigenvalue weighted by atomic mass is 16.2. The monoisotopic (exact) mass is 337 g/mol. The van der Waals surface area contributed by atoms with E-state index in [1.165, 1.54) is 7.05 Å². The van der Waals surface area contributed by atoms with Crippen LogP contribution in [0, 0.1) is 13.8 Å². The highest BCUT2D eigenvalue weighted by Crippen LogP contribution is 2.14. The third-order valence-electron chi connectivity index (χ3n) is 4.13. The number of amides is 1. The van der Waals surface area contributed by atoms with Gasteiger partial charge in [0.2, 0.25) is 0 Å². The summed E-state index contributed by atoms with van der Waals surface area (Å²) in [6.07, 6.45) is 1.90. The van der Waals surface area contributed by atoms with Crippen LogP contribution in [0.3, 0.4) is 0 Å². The number of carbonyl (C=O) groups excluding carboxylic acids is 1. The Morgan fingerprint density at radius 1 is 1.24 bits per heavy atom. The highest BCUT2D eigenvalue weighted by Gasteiger charge is 2.15. The Labute approximate surface area is 144 Å². The Kier molecular flexibility index (Phi) is 4.22. The van der Waals surface area contributed by atoms with Gasteiger partial charge in [-0.1, -0.05) is 18.2 Å². The number of hydrogen-bond acceptors (Lipinski definition) is 4. The molecule has 0 saturated carbocycles. The first-order valence-corrected chi connectivity index (χ1v) is 7.85. The molecule has 0 atom stereocenters. The van der Waals surface area contributed by atoms with Gasteiger partial charge in [-0.2, -0.15) is 10.2 Å². The molecule has 0 spiro atoms. The molecule has 0 aliphatic carbocycles. The largest absolute Gasteiger partial charge is 0.364 e. The number of hydrazone groups is 1. The van der Waals surface area contributed by atoms with Crippen molar-refractivity contribution in [3.8, 4) is 0 Å². The fraction of sp³-hybridized carbons (Fsp3) is 0.222. The second-order valence-electron chi connectivity index (χ2n) is 5.93. The van der Waals surface area contributed by atoms with E-state index >= 15 is 0 Å². The van der Waals surface area contributed by atoms with Crippen LogP contribution in [0.4, 0.5) is 0 Å². The first-order chi connectivity index (χ1) is 11.9. The lowest BCUT2D eigenvalue weighted by Crippen LogP contribution is -2.27. The lowest BCUT2D eigenvalue weighted by molar-refractivity contribution is 0.0949. The summed E-state index contributed by atoms with van der Waals surface area (Å²) in [5, 5.41) is 9.24. The van der Waals surface area contributed by atoms with Crippen LogP contribution >= 0.6 is 0 Å². The molecule has 3 aromatic rings. The van der Waals surface area contributed by atoms with E-state index in [-0.39, 0.29) is 11.3 Å². The lowest BCUT2D eigenvalue weighted by Gasteiger charge is -2.07. The maximum atomic E-state index is 12.6. The molecule has 0 aliphatic rings. The Balaban J connectivity index is 1.97. The van der Waals surface area contributed by atoms with Crippen LogP contribution in [0.5, 0.6) is 0 Å². The molecule has 0 aliphatic heterocycles. The zero-order valence-electron chi connectivity index (χ0n) is 14.5. The van der Waals surface area contributed by atoms with Crippen LogP contribution < -0.4 is 11.0 Å². The summed E-state index contributed by atoms with van der Waals surface area (Å²) in [6, 6.07) is 6.90. The Hall–Kier alpha value is -3.22. The predicted molar refractivity (Wildman–Crippen MR) is 96.9 cm³/mol. The zero-order valence-corrected chi connectivity index (χ0v) is 14.5. The van der Waals surface area contributed by atoms with Gasteiger partial charge in [0.1, 0.15) is 0 Å². The van der Waals surface area contributed by atoms with Gasteiger partial charge in [0.15, 0.2) is 5.69 Å². The van der Waals surface area contributed by atoms with Gasteiger partial charge in [-0.25, -0.2) is 10.1 Å². The van der Waals surface area contributed by atoms with Gasteiger partial charge in [-0.3, -0.25) is 9.59 Å². The van der Waals surface area contributed by atoms with E-state index < -0.39 is 5.91 Å². The summed E-state index contributed by atoms with van der Waals surface area (Å²) in [7, 11) is 1.52. The lowest BCUT2D eigenvalue weighted by atomic mass is 10.1. The summed E-state index contributed by atoms with van der Waals surface area (Å²) >= 11 is 0. The van der Waals surface area contributed by atoms with Crippen molar-refractivity contribution >= 4 is 22.4 Å². The number of rotatable bonds is 3. The van der Waals surface area contributed by atoms with Crippen molar-refractivity contribution in [1.29, 1.82) is 0 Å². The molecule has 2 aromatic heterocycles. The van der Waals surface area contributed by atoms with Gasteiger partial charge < -0.3 is 4.98 Å². The molecule has 1 amide bonds. The maximum Gasteiger partial charge on any atom is 0.292 e. The quantitative estimate of drug-likeness (QED) is 0.566. The van der Waals surface area contributed by atoms with Crippen molar-refractivity contribution in [2.45, 2.75) is 20.8 Å². The van der Waals surface area contributed by atoms with Crippen LogP contribution in [0.2, 0.25) is 0 Å². The molecular formula is C18H19N5O2. The van der Waals surface area contributed by atoms with Gasteiger partial charge >= 0.3 is 0 Å². The molecule has 7 nitrogen and oxygen atoms in total. The summed E-state index contributed by atoms with van der Waals surface area (Å²) in [5.41, 5.74) is 6.16. The van der Waals surface area contributed by atoms with E-state index in [9.17, 15) is 9.59 Å². The number of H-pyrrole nitrogens is 1. The number of aromatic nitrogens is 3. The molecular weight excluding hydrogens is 318 g/mol. The number of aryl methyl sites for hydroxylation is 3. The highest BCUT2D eigenvalue weighted by molar-refractivity contribution is 6.06. The molecule has 2 heterocycles. The summed E-state index contributed by atoms with van der Waals surface area (Å²) in [4.78, 5) is 27.8. The Morgan fingerprint density at radius 2 is 1.92 bits per heavy atom. The van der Waals surface area contributed by atoms with E-state index in [0.717, 1.165) is 21.5 Å². The van der Waals surface area contributed by atoms with Gasteiger partial charge in [-0.05, 0) is 32.4 Å². The Bertz CT molecular complexity index is 1040.